The van der Waals surface area contributed by atoms with Crippen LogP contribution in [0.15, 0.2) is 36.5 Å². The fraction of sp³-hybridized carbons (Fsp3) is 0.471. The predicted molar refractivity (Wildman–Crippen MR) is 82.9 cm³/mol. The first-order chi connectivity index (χ1) is 9.83. The Morgan fingerprint density at radius 3 is 2.65 bits per heavy atom. The second-order valence-electron chi connectivity index (χ2n) is 5.74. The molecule has 3 nitrogen and oxygen atoms in total. The SMILES string of the molecule is Cc1cn(C2CCCCC2)c(NCc2ccccc2)n1. The molecular formula is C17H23N3. The first-order valence-electron chi connectivity index (χ1n) is 7.66. The Bertz CT molecular complexity index is 539. The van der Waals surface area contributed by atoms with Crippen molar-refractivity contribution in [2.75, 3.05) is 5.32 Å². The van der Waals surface area contributed by atoms with Gasteiger partial charge in [-0.05, 0) is 25.3 Å². The Labute approximate surface area is 121 Å². The lowest BCUT2D eigenvalue weighted by molar-refractivity contribution is 0.355. The minimum absolute atomic E-state index is 0.628. The zero-order valence-corrected chi connectivity index (χ0v) is 12.2. The molecule has 0 aliphatic heterocycles. The highest BCUT2D eigenvalue weighted by atomic mass is 15.2. The number of nitrogens with zero attached hydrogens (tertiary/aromatic N) is 2. The van der Waals surface area contributed by atoms with E-state index in [1.807, 2.05) is 0 Å². The Balaban J connectivity index is 1.72. The third kappa shape index (κ3) is 3.03. The number of anilines is 1. The molecule has 1 N–H and O–H groups in total. The lowest BCUT2D eigenvalue weighted by Crippen LogP contribution is -2.15. The van der Waals surface area contributed by atoms with Gasteiger partial charge in [0.25, 0.3) is 0 Å². The number of nitrogens with one attached hydrogen (secondary N) is 1. The molecule has 0 atom stereocenters. The zero-order chi connectivity index (χ0) is 13.8. The van der Waals surface area contributed by atoms with Gasteiger partial charge < -0.3 is 9.88 Å². The molecule has 1 aromatic carbocycles. The lowest BCUT2D eigenvalue weighted by Gasteiger charge is -2.24. The van der Waals surface area contributed by atoms with Gasteiger partial charge in [-0.1, -0.05) is 49.6 Å². The molecule has 3 heteroatoms. The molecule has 0 spiro atoms. The molecule has 1 aliphatic rings. The molecule has 1 aromatic heterocycles. The van der Waals surface area contributed by atoms with Gasteiger partial charge in [0.05, 0.1) is 5.69 Å². The number of imidazole rings is 1. The number of rotatable bonds is 4. The van der Waals surface area contributed by atoms with Crippen LogP contribution in [0.2, 0.25) is 0 Å². The fourth-order valence-corrected chi connectivity index (χ4v) is 3.06. The molecule has 0 amide bonds. The molecule has 1 saturated carbocycles. The molecular weight excluding hydrogens is 246 g/mol. The summed E-state index contributed by atoms with van der Waals surface area (Å²) >= 11 is 0. The molecule has 106 valence electrons. The van der Waals surface area contributed by atoms with Crippen LogP contribution in [0.4, 0.5) is 5.95 Å². The molecule has 2 aromatic rings. The van der Waals surface area contributed by atoms with E-state index in [4.69, 9.17) is 0 Å². The summed E-state index contributed by atoms with van der Waals surface area (Å²) in [6, 6.07) is 11.1. The molecule has 1 fully saturated rings. The second-order valence-corrected chi connectivity index (χ2v) is 5.74. The normalized spacial score (nSPS) is 16.2. The largest absolute Gasteiger partial charge is 0.352 e. The average molecular weight is 269 g/mol. The standard InChI is InChI=1S/C17H23N3/c1-14-13-20(16-10-6-3-7-11-16)17(19-14)18-12-15-8-4-2-5-9-15/h2,4-5,8-9,13,16H,3,6-7,10-12H2,1H3,(H,18,19). The number of aromatic nitrogens is 2. The topological polar surface area (TPSA) is 29.9 Å². The van der Waals surface area contributed by atoms with Gasteiger partial charge in [-0.15, -0.1) is 0 Å². The van der Waals surface area contributed by atoms with Crippen molar-refractivity contribution >= 4 is 5.95 Å². The van der Waals surface area contributed by atoms with Gasteiger partial charge in [0.1, 0.15) is 0 Å². The summed E-state index contributed by atoms with van der Waals surface area (Å²) in [6.45, 7) is 2.91. The van der Waals surface area contributed by atoms with Crippen molar-refractivity contribution in [3.8, 4) is 0 Å². The van der Waals surface area contributed by atoms with Gasteiger partial charge in [0.2, 0.25) is 5.95 Å². The Kier molecular flexibility index (Phi) is 4.05. The van der Waals surface area contributed by atoms with Crippen molar-refractivity contribution in [1.82, 2.24) is 9.55 Å². The quantitative estimate of drug-likeness (QED) is 0.896. The maximum absolute atomic E-state index is 4.65. The van der Waals surface area contributed by atoms with E-state index in [1.54, 1.807) is 0 Å². The Morgan fingerprint density at radius 2 is 1.90 bits per heavy atom. The van der Waals surface area contributed by atoms with Gasteiger partial charge in [-0.2, -0.15) is 0 Å². The van der Waals surface area contributed by atoms with Crippen molar-refractivity contribution in [2.24, 2.45) is 0 Å². The van der Waals surface area contributed by atoms with E-state index in [-0.39, 0.29) is 0 Å². The highest BCUT2D eigenvalue weighted by Gasteiger charge is 2.18. The van der Waals surface area contributed by atoms with Crippen LogP contribution < -0.4 is 5.32 Å². The van der Waals surface area contributed by atoms with Crippen LogP contribution in [0, 0.1) is 6.92 Å². The molecule has 0 radical (unpaired) electrons. The predicted octanol–water partition coefficient (Wildman–Crippen LogP) is 4.31. The molecule has 3 rings (SSSR count). The summed E-state index contributed by atoms with van der Waals surface area (Å²) in [5.74, 6) is 1.03. The van der Waals surface area contributed by atoms with E-state index in [0.717, 1.165) is 18.2 Å². The number of aryl methyl sites for hydroxylation is 1. The molecule has 1 aliphatic carbocycles. The third-order valence-corrected chi connectivity index (χ3v) is 4.11. The maximum Gasteiger partial charge on any atom is 0.203 e. The molecule has 20 heavy (non-hydrogen) atoms. The van der Waals surface area contributed by atoms with Crippen molar-refractivity contribution in [2.45, 2.75) is 51.6 Å². The van der Waals surface area contributed by atoms with Gasteiger partial charge in [-0.3, -0.25) is 0 Å². The number of benzene rings is 1. The number of hydrogen-bond donors (Lipinski definition) is 1. The van der Waals surface area contributed by atoms with E-state index in [1.165, 1.54) is 37.7 Å². The van der Waals surface area contributed by atoms with Crippen molar-refractivity contribution in [3.05, 3.63) is 47.8 Å². The van der Waals surface area contributed by atoms with Gasteiger partial charge >= 0.3 is 0 Å². The summed E-state index contributed by atoms with van der Waals surface area (Å²) in [6.07, 6.45) is 8.85. The van der Waals surface area contributed by atoms with Gasteiger partial charge in [-0.25, -0.2) is 4.98 Å². The van der Waals surface area contributed by atoms with Crippen LogP contribution in [-0.2, 0) is 6.54 Å². The monoisotopic (exact) mass is 269 g/mol. The minimum atomic E-state index is 0.628. The summed E-state index contributed by atoms with van der Waals surface area (Å²) in [7, 11) is 0. The second kappa shape index (κ2) is 6.12. The summed E-state index contributed by atoms with van der Waals surface area (Å²) in [5.41, 5.74) is 2.40. The lowest BCUT2D eigenvalue weighted by atomic mass is 9.95. The molecule has 0 bridgehead atoms. The van der Waals surface area contributed by atoms with Crippen LogP contribution in [0.5, 0.6) is 0 Å². The van der Waals surface area contributed by atoms with Crippen molar-refractivity contribution in [1.29, 1.82) is 0 Å². The third-order valence-electron chi connectivity index (χ3n) is 4.11. The van der Waals surface area contributed by atoms with Crippen molar-refractivity contribution < 1.29 is 0 Å². The number of hydrogen-bond acceptors (Lipinski definition) is 2. The maximum atomic E-state index is 4.65. The van der Waals surface area contributed by atoms with E-state index in [2.05, 4.69) is 58.3 Å². The Hall–Kier alpha value is -1.77. The molecule has 0 saturated heterocycles. The highest BCUT2D eigenvalue weighted by Crippen LogP contribution is 2.30. The van der Waals surface area contributed by atoms with Crippen LogP contribution in [-0.4, -0.2) is 9.55 Å². The summed E-state index contributed by atoms with van der Waals surface area (Å²) in [4.78, 5) is 4.65. The van der Waals surface area contributed by atoms with E-state index < -0.39 is 0 Å². The summed E-state index contributed by atoms with van der Waals surface area (Å²) in [5, 5.41) is 3.50. The van der Waals surface area contributed by atoms with E-state index in [0.29, 0.717) is 6.04 Å². The molecule has 1 heterocycles. The minimum Gasteiger partial charge on any atom is -0.352 e. The van der Waals surface area contributed by atoms with Crippen LogP contribution >= 0.6 is 0 Å². The first kappa shape index (κ1) is 13.2. The van der Waals surface area contributed by atoms with Crippen LogP contribution in [0.1, 0.15) is 49.4 Å². The smallest absolute Gasteiger partial charge is 0.203 e. The zero-order valence-electron chi connectivity index (χ0n) is 12.2. The first-order valence-corrected chi connectivity index (χ1v) is 7.66. The highest BCUT2D eigenvalue weighted by molar-refractivity contribution is 5.31. The average Bonchev–Trinajstić information content (AvgIpc) is 2.88. The van der Waals surface area contributed by atoms with Gasteiger partial charge in [0.15, 0.2) is 0 Å². The van der Waals surface area contributed by atoms with E-state index >= 15 is 0 Å². The van der Waals surface area contributed by atoms with Crippen molar-refractivity contribution in [3.63, 3.8) is 0 Å². The Morgan fingerprint density at radius 1 is 1.15 bits per heavy atom. The van der Waals surface area contributed by atoms with Crippen LogP contribution in [0.3, 0.4) is 0 Å². The van der Waals surface area contributed by atoms with Crippen LogP contribution in [0.25, 0.3) is 0 Å². The fourth-order valence-electron chi connectivity index (χ4n) is 3.06. The summed E-state index contributed by atoms with van der Waals surface area (Å²) < 4.78 is 2.36. The molecule has 0 unspecified atom stereocenters. The van der Waals surface area contributed by atoms with Gasteiger partial charge in [0, 0.05) is 18.8 Å². The van der Waals surface area contributed by atoms with E-state index in [9.17, 15) is 0 Å².